The van der Waals surface area contributed by atoms with Gasteiger partial charge in [0.15, 0.2) is 0 Å². The van der Waals surface area contributed by atoms with Gasteiger partial charge in [-0.3, -0.25) is 0 Å². The summed E-state index contributed by atoms with van der Waals surface area (Å²) < 4.78 is 1.10. The first-order valence-corrected chi connectivity index (χ1v) is 6.86. The SMILES string of the molecule is OC(Cc1ccccc1)Cc1cc(Br)cs1. The molecule has 0 fully saturated rings. The van der Waals surface area contributed by atoms with Crippen LogP contribution in [0.5, 0.6) is 0 Å². The van der Waals surface area contributed by atoms with Gasteiger partial charge >= 0.3 is 0 Å². The number of aliphatic hydroxyl groups excluding tert-OH is 1. The van der Waals surface area contributed by atoms with Crippen LogP contribution in [0.3, 0.4) is 0 Å². The van der Waals surface area contributed by atoms with Gasteiger partial charge in [-0.05, 0) is 34.0 Å². The van der Waals surface area contributed by atoms with E-state index in [1.165, 1.54) is 10.4 Å². The lowest BCUT2D eigenvalue weighted by Gasteiger charge is -2.08. The van der Waals surface area contributed by atoms with E-state index >= 15 is 0 Å². The molecule has 1 N–H and O–H groups in total. The minimum atomic E-state index is -0.298. The van der Waals surface area contributed by atoms with E-state index in [1.54, 1.807) is 11.3 Å². The molecule has 0 saturated heterocycles. The van der Waals surface area contributed by atoms with Crippen molar-refractivity contribution in [2.75, 3.05) is 0 Å². The lowest BCUT2D eigenvalue weighted by atomic mass is 10.1. The van der Waals surface area contributed by atoms with Gasteiger partial charge in [0.05, 0.1) is 6.10 Å². The lowest BCUT2D eigenvalue weighted by Crippen LogP contribution is -2.12. The molecule has 2 aromatic rings. The van der Waals surface area contributed by atoms with E-state index < -0.39 is 0 Å². The summed E-state index contributed by atoms with van der Waals surface area (Å²) in [7, 11) is 0. The summed E-state index contributed by atoms with van der Waals surface area (Å²) in [5, 5.41) is 12.0. The smallest absolute Gasteiger partial charge is 0.0628 e. The highest BCUT2D eigenvalue weighted by Gasteiger charge is 2.08. The molecule has 1 aromatic heterocycles. The molecule has 0 amide bonds. The molecule has 0 radical (unpaired) electrons. The van der Waals surface area contributed by atoms with Crippen molar-refractivity contribution in [2.24, 2.45) is 0 Å². The first-order chi connectivity index (χ1) is 7.74. The topological polar surface area (TPSA) is 20.2 Å². The molecule has 3 heteroatoms. The molecule has 0 bridgehead atoms. The Morgan fingerprint density at radius 2 is 1.94 bits per heavy atom. The van der Waals surface area contributed by atoms with E-state index in [2.05, 4.69) is 22.0 Å². The summed E-state index contributed by atoms with van der Waals surface area (Å²) in [5.74, 6) is 0. The second kappa shape index (κ2) is 5.62. The largest absolute Gasteiger partial charge is 0.392 e. The van der Waals surface area contributed by atoms with Gasteiger partial charge < -0.3 is 5.11 Å². The van der Waals surface area contributed by atoms with Crippen molar-refractivity contribution in [1.29, 1.82) is 0 Å². The highest BCUT2D eigenvalue weighted by Crippen LogP contribution is 2.21. The molecule has 16 heavy (non-hydrogen) atoms. The van der Waals surface area contributed by atoms with E-state index in [9.17, 15) is 5.11 Å². The zero-order chi connectivity index (χ0) is 11.4. The van der Waals surface area contributed by atoms with Gasteiger partial charge in [-0.15, -0.1) is 11.3 Å². The Bertz CT molecular complexity index is 438. The zero-order valence-corrected chi connectivity index (χ0v) is 11.2. The third-order valence-electron chi connectivity index (χ3n) is 2.37. The Hall–Kier alpha value is -0.640. The van der Waals surface area contributed by atoms with Crippen LogP contribution in [0.15, 0.2) is 46.3 Å². The van der Waals surface area contributed by atoms with Crippen LogP contribution in [0.25, 0.3) is 0 Å². The fraction of sp³-hybridized carbons (Fsp3) is 0.231. The fourth-order valence-electron chi connectivity index (χ4n) is 1.65. The summed E-state index contributed by atoms with van der Waals surface area (Å²) >= 11 is 5.10. The monoisotopic (exact) mass is 296 g/mol. The summed E-state index contributed by atoms with van der Waals surface area (Å²) in [6, 6.07) is 12.2. The molecule has 0 aliphatic rings. The van der Waals surface area contributed by atoms with Crippen LogP contribution < -0.4 is 0 Å². The normalized spacial score (nSPS) is 12.6. The lowest BCUT2D eigenvalue weighted by molar-refractivity contribution is 0.176. The third-order valence-corrected chi connectivity index (χ3v) is 4.09. The maximum Gasteiger partial charge on any atom is 0.0628 e. The van der Waals surface area contributed by atoms with Crippen molar-refractivity contribution >= 4 is 27.3 Å². The Morgan fingerprint density at radius 3 is 2.56 bits per heavy atom. The molecule has 1 nitrogen and oxygen atoms in total. The summed E-state index contributed by atoms with van der Waals surface area (Å²) in [6.45, 7) is 0. The highest BCUT2D eigenvalue weighted by molar-refractivity contribution is 9.10. The maximum atomic E-state index is 9.96. The zero-order valence-electron chi connectivity index (χ0n) is 8.77. The number of rotatable bonds is 4. The molecule has 0 spiro atoms. The Morgan fingerprint density at radius 1 is 1.19 bits per heavy atom. The highest BCUT2D eigenvalue weighted by atomic mass is 79.9. The quantitative estimate of drug-likeness (QED) is 0.913. The minimum Gasteiger partial charge on any atom is -0.392 e. The maximum absolute atomic E-state index is 9.96. The molecule has 1 atom stereocenters. The molecular weight excluding hydrogens is 284 g/mol. The number of hydrogen-bond acceptors (Lipinski definition) is 2. The second-order valence-corrected chi connectivity index (χ2v) is 5.69. The molecule has 0 aliphatic carbocycles. The van der Waals surface area contributed by atoms with E-state index in [4.69, 9.17) is 0 Å². The standard InChI is InChI=1S/C13H13BrOS/c14-11-7-13(16-9-11)8-12(15)6-10-4-2-1-3-5-10/h1-5,7,9,12,15H,6,8H2. The molecule has 1 unspecified atom stereocenters. The molecule has 0 aliphatic heterocycles. The van der Waals surface area contributed by atoms with Crippen LogP contribution in [-0.2, 0) is 12.8 Å². The first-order valence-electron chi connectivity index (χ1n) is 5.19. The average molecular weight is 297 g/mol. The first kappa shape index (κ1) is 11.8. The molecule has 84 valence electrons. The van der Waals surface area contributed by atoms with Gasteiger partial charge in [0.2, 0.25) is 0 Å². The van der Waals surface area contributed by atoms with Crippen LogP contribution in [-0.4, -0.2) is 11.2 Å². The summed E-state index contributed by atoms with van der Waals surface area (Å²) in [6.07, 6.45) is 1.15. The molecule has 1 aromatic carbocycles. The van der Waals surface area contributed by atoms with Crippen LogP contribution in [0.2, 0.25) is 0 Å². The van der Waals surface area contributed by atoms with E-state index in [1.807, 2.05) is 35.7 Å². The van der Waals surface area contributed by atoms with Gasteiger partial charge in [-0.25, -0.2) is 0 Å². The third kappa shape index (κ3) is 3.44. The van der Waals surface area contributed by atoms with E-state index in [-0.39, 0.29) is 6.10 Å². The van der Waals surface area contributed by atoms with Crippen molar-refractivity contribution in [3.8, 4) is 0 Å². The molecule has 2 rings (SSSR count). The van der Waals surface area contributed by atoms with E-state index in [0.717, 1.165) is 17.3 Å². The number of hydrogen-bond donors (Lipinski definition) is 1. The van der Waals surface area contributed by atoms with Crippen molar-refractivity contribution in [3.63, 3.8) is 0 Å². The molecule has 1 heterocycles. The number of thiophene rings is 1. The number of halogens is 1. The number of benzene rings is 1. The van der Waals surface area contributed by atoms with Gasteiger partial charge in [0.1, 0.15) is 0 Å². The molecular formula is C13H13BrOS. The fourth-order valence-corrected chi connectivity index (χ4v) is 3.18. The second-order valence-electron chi connectivity index (χ2n) is 3.78. The van der Waals surface area contributed by atoms with Gasteiger partial charge in [-0.2, -0.15) is 0 Å². The van der Waals surface area contributed by atoms with Crippen LogP contribution in [0.4, 0.5) is 0 Å². The molecule has 0 saturated carbocycles. The van der Waals surface area contributed by atoms with Crippen LogP contribution >= 0.6 is 27.3 Å². The van der Waals surface area contributed by atoms with Crippen molar-refractivity contribution in [1.82, 2.24) is 0 Å². The minimum absolute atomic E-state index is 0.298. The summed E-state index contributed by atoms with van der Waals surface area (Å²) in [4.78, 5) is 1.22. The van der Waals surface area contributed by atoms with Crippen LogP contribution in [0, 0.1) is 0 Å². The number of aliphatic hydroxyl groups is 1. The van der Waals surface area contributed by atoms with Gasteiger partial charge in [-0.1, -0.05) is 30.3 Å². The Kier molecular flexibility index (Phi) is 4.16. The van der Waals surface area contributed by atoms with Crippen molar-refractivity contribution < 1.29 is 5.11 Å². The van der Waals surface area contributed by atoms with E-state index in [0.29, 0.717) is 0 Å². The Balaban J connectivity index is 1.92. The van der Waals surface area contributed by atoms with Gasteiger partial charge in [0.25, 0.3) is 0 Å². The van der Waals surface area contributed by atoms with Crippen molar-refractivity contribution in [2.45, 2.75) is 18.9 Å². The Labute approximate surface area is 108 Å². The predicted molar refractivity (Wildman–Crippen MR) is 71.9 cm³/mol. The predicted octanol–water partition coefficient (Wildman–Crippen LogP) is 3.66. The van der Waals surface area contributed by atoms with Gasteiger partial charge in [0, 0.05) is 21.2 Å². The van der Waals surface area contributed by atoms with Crippen molar-refractivity contribution in [3.05, 3.63) is 56.7 Å². The summed E-state index contributed by atoms with van der Waals surface area (Å²) in [5.41, 5.74) is 1.19. The average Bonchev–Trinajstić information content (AvgIpc) is 2.65. The van der Waals surface area contributed by atoms with Crippen LogP contribution in [0.1, 0.15) is 10.4 Å².